The molecule has 0 aliphatic heterocycles. The Labute approximate surface area is 398 Å². The molecule has 0 fully saturated rings. The van der Waals surface area contributed by atoms with Crippen LogP contribution in [0.2, 0.25) is 0 Å². The van der Waals surface area contributed by atoms with E-state index in [2.05, 4.69) is 51.0 Å². The molecule has 0 bridgehead atoms. The van der Waals surface area contributed by atoms with Crippen LogP contribution in [0.5, 0.6) is 0 Å². The maximum Gasteiger partial charge on any atom is 3.00 e. The number of carbonyl (C=O) groups excluding carboxylic acids is 4. The summed E-state index contributed by atoms with van der Waals surface area (Å²) in [5.74, 6) is -4.33. The Hall–Kier alpha value is -2.84. The molecule has 0 aliphatic rings. The number of alkyl halides is 6. The summed E-state index contributed by atoms with van der Waals surface area (Å²) in [6.07, 6.45) is 16.9. The molecule has 5 rings (SSSR count). The van der Waals surface area contributed by atoms with E-state index < -0.39 is 40.3 Å². The van der Waals surface area contributed by atoms with Gasteiger partial charge in [-0.25, -0.2) is 0 Å². The minimum atomic E-state index is -10.7. The maximum absolute atomic E-state index is 10.7. The van der Waals surface area contributed by atoms with Crippen LogP contribution in [0.15, 0.2) is 92.3 Å². The van der Waals surface area contributed by atoms with Gasteiger partial charge in [0.1, 0.15) is 0 Å². The minimum absolute atomic E-state index is 0. The Morgan fingerprint density at radius 2 is 0.667 bits per heavy atom. The molecule has 19 nitrogen and oxygen atoms in total. The maximum atomic E-state index is 9.87. The summed E-state index contributed by atoms with van der Waals surface area (Å²) in [5.41, 5.74) is 0. The van der Waals surface area contributed by atoms with E-state index in [1.165, 1.54) is 0 Å². The first-order valence-electron chi connectivity index (χ1n) is 13.0. The fraction of sp³-hybridized carbons (Fsp3) is 0.240. The van der Waals surface area contributed by atoms with Gasteiger partial charge in [0, 0.05) is 73.5 Å². The molecule has 0 amide bonds. The van der Waals surface area contributed by atoms with Crippen LogP contribution in [0.4, 0.5) is 25.2 Å². The number of carbonyl (C=O) groups is 4. The van der Waals surface area contributed by atoms with Gasteiger partial charge in [-0.15, -0.1) is 0 Å². The molecule has 0 saturated carbocycles. The third kappa shape index (κ3) is 329. The number of H-pyrrole nitrogens is 3. The zero-order chi connectivity index (χ0) is 45.6. The number of hydrogen-bond donors (Lipinski definition) is 3. The molecule has 60 heavy (non-hydrogen) atoms. The zero-order valence-electron chi connectivity index (χ0n) is 30.1. The average Bonchev–Trinajstić information content (AvgIpc) is 3.86. The molecule has 0 radical (unpaired) electrons. The minimum Gasteiger partial charge on any atom is -2.00 e. The number of carboxylic acids is 4. The van der Waals surface area contributed by atoms with Crippen molar-refractivity contribution in [3.8, 4) is 0 Å². The van der Waals surface area contributed by atoms with Gasteiger partial charge < -0.3 is 65.5 Å². The number of aliphatic carboxylic acids is 4. The molecule has 5 heterocycles. The van der Waals surface area contributed by atoms with Crippen LogP contribution < -0.4 is 30.6 Å². The van der Waals surface area contributed by atoms with E-state index in [9.17, 15) is 25.2 Å². The summed E-state index contributed by atoms with van der Waals surface area (Å²) in [5, 5.41) is 68.1. The Kier molecular flexibility index (Phi) is 79.2. The molecule has 0 unspecified atom stereocenters. The quantitative estimate of drug-likeness (QED) is 0.113. The summed E-state index contributed by atoms with van der Waals surface area (Å²) in [6.45, 7) is 3.89. The van der Waals surface area contributed by atoms with Gasteiger partial charge in [0.15, 0.2) is 8.59 Å². The summed E-state index contributed by atoms with van der Waals surface area (Å²) in [6, 6.07) is 9.06. The van der Waals surface area contributed by atoms with Crippen molar-refractivity contribution in [2.24, 2.45) is 0 Å². The Bertz CT molecular complexity index is 1130. The first-order chi connectivity index (χ1) is 25.3. The van der Waals surface area contributed by atoms with E-state index in [4.69, 9.17) is 109 Å². The monoisotopic (exact) mass is 1150 g/mol. The molecule has 5 aromatic heterocycles. The second kappa shape index (κ2) is 56.2. The number of hydrogen-bond acceptors (Lipinski definition) is 13. The van der Waals surface area contributed by atoms with Gasteiger partial charge in [-0.2, -0.15) is 27.7 Å². The van der Waals surface area contributed by atoms with Crippen LogP contribution in [0.1, 0.15) is 27.7 Å². The Balaban J connectivity index is -0.0000000484. The molecule has 3 N–H and O–H groups in total. The van der Waals surface area contributed by atoms with E-state index in [0.717, 1.165) is 27.7 Å². The number of carboxylic acid groups (broad SMARTS) is 4. The van der Waals surface area contributed by atoms with Gasteiger partial charge in [-0.1, -0.05) is 81.7 Å². The van der Waals surface area contributed by atoms with E-state index in [1.54, 1.807) is 74.1 Å². The number of nitrogens with zero attached hydrogens (tertiary/aromatic N) is 7. The van der Waals surface area contributed by atoms with Crippen molar-refractivity contribution >= 4 is 101 Å². The number of rotatable bonds is 0. The Morgan fingerprint density at radius 3 is 0.700 bits per heavy atom. The first kappa shape index (κ1) is 84.6. The molecular formula is C25H32Cl6Co3F6N10O9P. The van der Waals surface area contributed by atoms with E-state index >= 15 is 0 Å². The summed E-state index contributed by atoms with van der Waals surface area (Å²) in [7, 11) is -10.7. The fourth-order valence-corrected chi connectivity index (χ4v) is 1.03. The predicted molar refractivity (Wildman–Crippen MR) is 191 cm³/mol. The smallest absolute Gasteiger partial charge is 2.00 e. The van der Waals surface area contributed by atoms with Gasteiger partial charge in [0.05, 0.1) is 0 Å². The van der Waals surface area contributed by atoms with E-state index in [0.29, 0.717) is 0 Å². The van der Waals surface area contributed by atoms with Crippen LogP contribution in [-0.4, -0.2) is 73.3 Å². The molecule has 0 atom stereocenters. The Morgan fingerprint density at radius 1 is 0.500 bits per heavy atom. The van der Waals surface area contributed by atoms with Gasteiger partial charge >= 0.3 is 83.3 Å². The topological polar surface area (TPSA) is 329 Å². The van der Waals surface area contributed by atoms with Crippen molar-refractivity contribution < 1.29 is 121 Å². The second-order valence-electron chi connectivity index (χ2n) is 7.16. The van der Waals surface area contributed by atoms with Crippen molar-refractivity contribution in [2.45, 2.75) is 36.3 Å². The normalized spacial score (nSPS) is 8.90. The number of aromatic amines is 3. The molecular weight excluding hydrogens is 1120 g/mol. The van der Waals surface area contributed by atoms with E-state index in [-0.39, 0.29) is 55.8 Å². The SMILES string of the molecule is CC(=O)[O-].CC(=O)[O-].CC(=O)[O-].CC(=O)[O-].ClC(Cl)Cl.ClC(Cl)Cl.F[P-](F)(F)(F)(F)F.[Co+3].[Co+3].[Co+3].[O-2].c1cn[n-]c1.c1cn[n-]c1.c1cn[nH]c1.c1cn[nH]c1.c1cn[nH]c1. The second-order valence-corrected chi connectivity index (χ2v) is 13.0. The molecule has 35 heteroatoms. The predicted octanol–water partition coefficient (Wildman–Crippen LogP) is 3.56. The van der Waals surface area contributed by atoms with Crippen LogP contribution in [-0.2, 0) is 75.0 Å². The number of halogens is 12. The van der Waals surface area contributed by atoms with Crippen LogP contribution in [0, 0.1) is 0 Å². The molecule has 0 saturated heterocycles. The number of nitrogens with one attached hydrogen (secondary N) is 3. The van der Waals surface area contributed by atoms with Crippen LogP contribution in [0.3, 0.4) is 0 Å². The molecule has 5 aromatic rings. The van der Waals surface area contributed by atoms with Crippen molar-refractivity contribution in [1.29, 1.82) is 0 Å². The molecule has 0 spiro atoms. The van der Waals surface area contributed by atoms with Gasteiger partial charge in [-0.3, -0.25) is 15.3 Å². The van der Waals surface area contributed by atoms with Crippen LogP contribution in [0.25, 0.3) is 0 Å². The summed E-state index contributed by atoms with van der Waals surface area (Å²) < 4.78 is 57.7. The summed E-state index contributed by atoms with van der Waals surface area (Å²) >= 11 is 28.8. The molecule has 352 valence electrons. The van der Waals surface area contributed by atoms with Gasteiger partial charge in [-0.05, 0) is 45.9 Å². The van der Waals surface area contributed by atoms with Crippen molar-refractivity contribution in [3.05, 3.63) is 92.3 Å². The standard InChI is InChI=1S/3C3H4N2.2C3H3N2.4C2H4O2.2CHCl3.3Co.F6P.O/c5*1-2-4-5-3-1;4*1-2(3)4;2*2-1(3)4;;;;1-7(2,3,4,5)6;/h3*1-3H,(H,4,5);2*1-3H;4*1H3,(H,3,4);2*1H;;;;;/q;;;2*-1;;;;;;;3*+3;-1;-2/p-4. The molecule has 0 aliphatic carbocycles. The average molecular weight is 1150 g/mol. The van der Waals surface area contributed by atoms with Crippen molar-refractivity contribution in [2.75, 3.05) is 0 Å². The van der Waals surface area contributed by atoms with Crippen LogP contribution >= 0.6 is 77.4 Å². The van der Waals surface area contributed by atoms with E-state index in [1.807, 2.05) is 18.2 Å². The van der Waals surface area contributed by atoms with Crippen molar-refractivity contribution in [3.63, 3.8) is 0 Å². The zero-order valence-corrected chi connectivity index (χ0v) is 38.7. The third-order valence-corrected chi connectivity index (χ3v) is 1.96. The first-order valence-corrected chi connectivity index (χ1v) is 17.7. The largest absolute Gasteiger partial charge is 3.00 e. The number of aromatic nitrogens is 10. The summed E-state index contributed by atoms with van der Waals surface area (Å²) in [4.78, 5) is 35.6. The van der Waals surface area contributed by atoms with Gasteiger partial charge in [0.2, 0.25) is 0 Å². The fourth-order valence-electron chi connectivity index (χ4n) is 1.03. The van der Waals surface area contributed by atoms with Crippen molar-refractivity contribution in [1.82, 2.24) is 51.0 Å². The van der Waals surface area contributed by atoms with Gasteiger partial charge in [0.25, 0.3) is 0 Å². The third-order valence-electron chi connectivity index (χ3n) is 1.96. The molecule has 0 aromatic carbocycles.